The van der Waals surface area contributed by atoms with Crippen LogP contribution in [0.25, 0.3) is 0 Å². The normalized spacial score (nSPS) is 15.5. The van der Waals surface area contributed by atoms with Crippen molar-refractivity contribution in [1.82, 2.24) is 4.90 Å². The van der Waals surface area contributed by atoms with Crippen LogP contribution in [0.1, 0.15) is 34.7 Å². The zero-order valence-electron chi connectivity index (χ0n) is 11.7. The molecule has 1 aliphatic heterocycles. The summed E-state index contributed by atoms with van der Waals surface area (Å²) in [6, 6.07) is 20.1. The summed E-state index contributed by atoms with van der Waals surface area (Å²) in [5, 5.41) is 18.0. The van der Waals surface area contributed by atoms with E-state index in [0.717, 1.165) is 18.7 Å². The summed E-state index contributed by atoms with van der Waals surface area (Å²) in [5.74, 6) is 0. The third kappa shape index (κ3) is 2.65. The highest BCUT2D eigenvalue weighted by atomic mass is 15.2. The molecule has 0 bridgehead atoms. The van der Waals surface area contributed by atoms with E-state index in [9.17, 15) is 0 Å². The summed E-state index contributed by atoms with van der Waals surface area (Å²) >= 11 is 0. The molecule has 0 spiro atoms. The lowest BCUT2D eigenvalue weighted by molar-refractivity contribution is 0.140. The third-order valence-electron chi connectivity index (χ3n) is 3.94. The van der Waals surface area contributed by atoms with E-state index in [1.54, 1.807) is 0 Å². The smallest absolute Gasteiger partial charge is 0.0991 e. The first kappa shape index (κ1) is 13.4. The van der Waals surface area contributed by atoms with Crippen molar-refractivity contribution >= 4 is 0 Å². The van der Waals surface area contributed by atoms with Crippen molar-refractivity contribution < 1.29 is 0 Å². The van der Waals surface area contributed by atoms with Crippen LogP contribution in [0.15, 0.2) is 48.5 Å². The van der Waals surface area contributed by atoms with E-state index in [-0.39, 0.29) is 6.04 Å². The lowest BCUT2D eigenvalue weighted by atomic mass is 9.93. The molecule has 1 fully saturated rings. The second-order valence-electron chi connectivity index (χ2n) is 5.26. The van der Waals surface area contributed by atoms with Crippen LogP contribution < -0.4 is 0 Å². The summed E-state index contributed by atoms with van der Waals surface area (Å²) in [6.07, 6.45) is 1.21. The Morgan fingerprint density at radius 3 is 2.14 bits per heavy atom. The minimum atomic E-state index is 0.166. The molecule has 3 rings (SSSR count). The van der Waals surface area contributed by atoms with Gasteiger partial charge in [-0.3, -0.25) is 4.90 Å². The molecule has 1 atom stereocenters. The van der Waals surface area contributed by atoms with E-state index < -0.39 is 0 Å². The third-order valence-corrected chi connectivity index (χ3v) is 3.94. The molecule has 1 aliphatic rings. The lowest BCUT2D eigenvalue weighted by Gasteiger charge is -2.39. The molecule has 0 saturated carbocycles. The molecule has 102 valence electrons. The maximum atomic E-state index is 9.09. The first-order valence-corrected chi connectivity index (χ1v) is 7.06. The monoisotopic (exact) mass is 273 g/mol. The molecule has 0 aliphatic carbocycles. The summed E-state index contributed by atoms with van der Waals surface area (Å²) in [6.45, 7) is 2.14. The van der Waals surface area contributed by atoms with Crippen molar-refractivity contribution in [1.29, 1.82) is 10.5 Å². The van der Waals surface area contributed by atoms with E-state index in [1.807, 2.05) is 42.5 Å². The molecule has 1 saturated heterocycles. The first-order chi connectivity index (χ1) is 10.3. The number of rotatable bonds is 3. The highest BCUT2D eigenvalue weighted by molar-refractivity contribution is 5.41. The van der Waals surface area contributed by atoms with Crippen LogP contribution in [0.5, 0.6) is 0 Å². The Bertz CT molecular complexity index is 715. The first-order valence-electron chi connectivity index (χ1n) is 7.06. The SMILES string of the molecule is N#Cc1ccc([C@@H](c2cccc(C#N)c2)N2CCC2)cc1. The fourth-order valence-corrected chi connectivity index (χ4v) is 2.73. The molecule has 0 aromatic heterocycles. The number of nitriles is 2. The van der Waals surface area contributed by atoms with Gasteiger partial charge in [0, 0.05) is 13.1 Å². The van der Waals surface area contributed by atoms with E-state index in [2.05, 4.69) is 23.1 Å². The van der Waals surface area contributed by atoms with Crippen molar-refractivity contribution in [2.24, 2.45) is 0 Å². The second kappa shape index (κ2) is 5.79. The second-order valence-corrected chi connectivity index (χ2v) is 5.26. The maximum Gasteiger partial charge on any atom is 0.0991 e. The van der Waals surface area contributed by atoms with Gasteiger partial charge in [-0.15, -0.1) is 0 Å². The van der Waals surface area contributed by atoms with Gasteiger partial charge in [0.05, 0.1) is 29.3 Å². The van der Waals surface area contributed by atoms with Crippen LogP contribution >= 0.6 is 0 Å². The minimum absolute atomic E-state index is 0.166. The Morgan fingerprint density at radius 1 is 0.857 bits per heavy atom. The average Bonchev–Trinajstić information content (AvgIpc) is 2.51. The van der Waals surface area contributed by atoms with Crippen LogP contribution in [-0.4, -0.2) is 18.0 Å². The standard InChI is InChI=1S/C18H15N3/c19-12-14-5-7-16(8-6-14)18(21-9-2-10-21)17-4-1-3-15(11-17)13-20/h1,3-8,11,18H,2,9-10H2/t18-/m0/s1. The van der Waals surface area contributed by atoms with Crippen molar-refractivity contribution in [3.63, 3.8) is 0 Å². The molecule has 0 radical (unpaired) electrons. The van der Waals surface area contributed by atoms with Crippen molar-refractivity contribution in [3.05, 3.63) is 70.8 Å². The molecule has 2 aromatic rings. The van der Waals surface area contributed by atoms with Gasteiger partial charge in [0.15, 0.2) is 0 Å². The zero-order valence-corrected chi connectivity index (χ0v) is 11.7. The molecular formula is C18H15N3. The Labute approximate surface area is 124 Å². The predicted octanol–water partition coefficient (Wildman–Crippen LogP) is 3.23. The number of hydrogen-bond donors (Lipinski definition) is 0. The van der Waals surface area contributed by atoms with E-state index in [0.29, 0.717) is 11.1 Å². The minimum Gasteiger partial charge on any atom is -0.292 e. The van der Waals surface area contributed by atoms with Gasteiger partial charge in [-0.25, -0.2) is 0 Å². The van der Waals surface area contributed by atoms with E-state index in [1.165, 1.54) is 12.0 Å². The van der Waals surface area contributed by atoms with Crippen LogP contribution in [0.2, 0.25) is 0 Å². The molecule has 3 heteroatoms. The molecule has 2 aromatic carbocycles. The summed E-state index contributed by atoms with van der Waals surface area (Å²) in [7, 11) is 0. The van der Waals surface area contributed by atoms with Gasteiger partial charge >= 0.3 is 0 Å². The van der Waals surface area contributed by atoms with Gasteiger partial charge in [0.1, 0.15) is 0 Å². The Morgan fingerprint density at radius 2 is 1.57 bits per heavy atom. The number of nitrogens with zero attached hydrogens (tertiary/aromatic N) is 3. The summed E-state index contributed by atoms with van der Waals surface area (Å²) < 4.78 is 0. The topological polar surface area (TPSA) is 50.8 Å². The predicted molar refractivity (Wildman–Crippen MR) is 80.3 cm³/mol. The lowest BCUT2D eigenvalue weighted by Crippen LogP contribution is -2.40. The number of likely N-dealkylation sites (tertiary alicyclic amines) is 1. The molecule has 0 unspecified atom stereocenters. The molecular weight excluding hydrogens is 258 g/mol. The van der Waals surface area contributed by atoms with E-state index >= 15 is 0 Å². The summed E-state index contributed by atoms with van der Waals surface area (Å²) in [4.78, 5) is 2.40. The highest BCUT2D eigenvalue weighted by Gasteiger charge is 2.26. The number of hydrogen-bond acceptors (Lipinski definition) is 3. The Hall–Kier alpha value is -2.62. The van der Waals surface area contributed by atoms with Crippen molar-refractivity contribution in [2.75, 3.05) is 13.1 Å². The molecule has 3 nitrogen and oxygen atoms in total. The molecule has 0 amide bonds. The van der Waals surface area contributed by atoms with Gasteiger partial charge in [0.2, 0.25) is 0 Å². The average molecular weight is 273 g/mol. The fraction of sp³-hybridized carbons (Fsp3) is 0.222. The fourth-order valence-electron chi connectivity index (χ4n) is 2.73. The van der Waals surface area contributed by atoms with Crippen LogP contribution in [-0.2, 0) is 0 Å². The quantitative estimate of drug-likeness (QED) is 0.862. The molecule has 1 heterocycles. The van der Waals surface area contributed by atoms with Crippen molar-refractivity contribution in [3.8, 4) is 12.1 Å². The largest absolute Gasteiger partial charge is 0.292 e. The van der Waals surface area contributed by atoms with Gasteiger partial charge < -0.3 is 0 Å². The van der Waals surface area contributed by atoms with Gasteiger partial charge in [-0.2, -0.15) is 10.5 Å². The van der Waals surface area contributed by atoms with Gasteiger partial charge in [-0.05, 0) is 41.8 Å². The number of benzene rings is 2. The summed E-state index contributed by atoms with van der Waals surface area (Å²) in [5.41, 5.74) is 3.67. The Kier molecular flexibility index (Phi) is 3.69. The Balaban J connectivity index is 2.01. The van der Waals surface area contributed by atoms with Gasteiger partial charge in [-0.1, -0.05) is 24.3 Å². The highest BCUT2D eigenvalue weighted by Crippen LogP contribution is 2.32. The van der Waals surface area contributed by atoms with E-state index in [4.69, 9.17) is 10.5 Å². The zero-order chi connectivity index (χ0) is 14.7. The van der Waals surface area contributed by atoms with Crippen LogP contribution in [0.4, 0.5) is 0 Å². The molecule has 21 heavy (non-hydrogen) atoms. The molecule has 0 N–H and O–H groups in total. The van der Waals surface area contributed by atoms with Crippen LogP contribution in [0, 0.1) is 22.7 Å². The van der Waals surface area contributed by atoms with Crippen LogP contribution in [0.3, 0.4) is 0 Å². The van der Waals surface area contributed by atoms with Crippen molar-refractivity contribution in [2.45, 2.75) is 12.5 Å². The van der Waals surface area contributed by atoms with Gasteiger partial charge in [0.25, 0.3) is 0 Å². The maximum absolute atomic E-state index is 9.09.